The molecule has 0 amide bonds. The lowest BCUT2D eigenvalue weighted by Gasteiger charge is -2.08. The van der Waals surface area contributed by atoms with Crippen molar-refractivity contribution >= 4 is 54.8 Å². The van der Waals surface area contributed by atoms with Gasteiger partial charge in [-0.2, -0.15) is 8.42 Å². The number of benzene rings is 3. The highest BCUT2D eigenvalue weighted by Crippen LogP contribution is 2.38. The average molecular weight is 458 g/mol. The molecular weight excluding hydrogens is 438 g/mol. The van der Waals surface area contributed by atoms with E-state index in [0.717, 1.165) is 27.5 Å². The minimum atomic E-state index is -4.35. The maximum absolute atomic E-state index is 11.9. The molecule has 30 heavy (non-hydrogen) atoms. The highest BCUT2D eigenvalue weighted by Gasteiger charge is 2.21. The second kappa shape index (κ2) is 7.92. The summed E-state index contributed by atoms with van der Waals surface area (Å²) in [6, 6.07) is 16.7. The fourth-order valence-electron chi connectivity index (χ4n) is 3.08. The predicted octanol–water partition coefficient (Wildman–Crippen LogP) is 4.98. The van der Waals surface area contributed by atoms with Gasteiger partial charge in [0.25, 0.3) is 10.1 Å². The Labute approximate surface area is 182 Å². The van der Waals surface area contributed by atoms with Crippen LogP contribution in [0.2, 0.25) is 0 Å². The smallest absolute Gasteiger partial charge is 0.296 e. The lowest BCUT2D eigenvalue weighted by atomic mass is 10.2. The molecule has 0 spiro atoms. The van der Waals surface area contributed by atoms with Crippen molar-refractivity contribution in [1.82, 2.24) is 4.98 Å². The minimum absolute atomic E-state index is 0.0860. The SMILES string of the molecule is Cc1ccc2nc(-c3ccc(N)c(SCc4ccc(N)cc4)c3)sc2c1S(=O)(=O)O. The van der Waals surface area contributed by atoms with Gasteiger partial charge in [-0.1, -0.05) is 18.2 Å². The summed E-state index contributed by atoms with van der Waals surface area (Å²) in [5.74, 6) is 0.736. The van der Waals surface area contributed by atoms with Gasteiger partial charge in [-0.15, -0.1) is 23.1 Å². The van der Waals surface area contributed by atoms with Gasteiger partial charge in [0, 0.05) is 27.6 Å². The molecule has 154 valence electrons. The number of aromatic nitrogens is 1. The van der Waals surface area contributed by atoms with Gasteiger partial charge in [-0.3, -0.25) is 4.55 Å². The Morgan fingerprint density at radius 2 is 1.80 bits per heavy atom. The minimum Gasteiger partial charge on any atom is -0.399 e. The fraction of sp³-hybridized carbons (Fsp3) is 0.0952. The Morgan fingerprint density at radius 1 is 1.07 bits per heavy atom. The van der Waals surface area contributed by atoms with E-state index in [0.29, 0.717) is 26.5 Å². The number of nitrogens with zero attached hydrogens (tertiary/aromatic N) is 1. The number of anilines is 2. The summed E-state index contributed by atoms with van der Waals surface area (Å²) < 4.78 is 33.8. The van der Waals surface area contributed by atoms with Crippen LogP contribution in [0.25, 0.3) is 20.8 Å². The number of hydrogen-bond donors (Lipinski definition) is 3. The third-order valence-electron chi connectivity index (χ3n) is 4.60. The van der Waals surface area contributed by atoms with E-state index in [2.05, 4.69) is 4.98 Å². The van der Waals surface area contributed by atoms with Crippen molar-refractivity contribution < 1.29 is 13.0 Å². The Balaban J connectivity index is 1.70. The first-order chi connectivity index (χ1) is 14.2. The molecule has 9 heteroatoms. The third-order valence-corrected chi connectivity index (χ3v) is 8.05. The van der Waals surface area contributed by atoms with Crippen LogP contribution in [-0.4, -0.2) is 18.0 Å². The Bertz CT molecular complexity index is 1350. The summed E-state index contributed by atoms with van der Waals surface area (Å²) in [6.07, 6.45) is 0. The number of hydrogen-bond acceptors (Lipinski definition) is 7. The van der Waals surface area contributed by atoms with Crippen LogP contribution in [0.1, 0.15) is 11.1 Å². The lowest BCUT2D eigenvalue weighted by Crippen LogP contribution is -2.00. The van der Waals surface area contributed by atoms with Crippen molar-refractivity contribution in [3.05, 3.63) is 65.7 Å². The Hall–Kier alpha value is -2.59. The Kier molecular flexibility index (Phi) is 5.46. The number of aryl methyl sites for hydroxylation is 1. The summed E-state index contributed by atoms with van der Waals surface area (Å²) >= 11 is 2.84. The van der Waals surface area contributed by atoms with E-state index in [1.165, 1.54) is 11.3 Å². The molecule has 4 rings (SSSR count). The van der Waals surface area contributed by atoms with E-state index in [4.69, 9.17) is 11.5 Å². The second-order valence-electron chi connectivity index (χ2n) is 6.84. The molecule has 3 aromatic carbocycles. The zero-order valence-electron chi connectivity index (χ0n) is 16.0. The first-order valence-electron chi connectivity index (χ1n) is 8.97. The molecule has 5 N–H and O–H groups in total. The van der Waals surface area contributed by atoms with E-state index in [-0.39, 0.29) is 4.90 Å². The van der Waals surface area contributed by atoms with Crippen molar-refractivity contribution in [1.29, 1.82) is 0 Å². The van der Waals surface area contributed by atoms with Crippen LogP contribution in [0.3, 0.4) is 0 Å². The topological polar surface area (TPSA) is 119 Å². The summed E-state index contributed by atoms with van der Waals surface area (Å²) in [5.41, 5.74) is 16.3. The first kappa shape index (κ1) is 20.7. The van der Waals surface area contributed by atoms with Crippen molar-refractivity contribution in [2.24, 2.45) is 0 Å². The molecule has 6 nitrogen and oxygen atoms in total. The molecule has 1 heterocycles. The molecule has 0 unspecified atom stereocenters. The molecule has 0 aliphatic heterocycles. The summed E-state index contributed by atoms with van der Waals surface area (Å²) in [5, 5.41) is 0.662. The van der Waals surface area contributed by atoms with Crippen molar-refractivity contribution in [2.45, 2.75) is 22.5 Å². The highest BCUT2D eigenvalue weighted by molar-refractivity contribution is 7.98. The van der Waals surface area contributed by atoms with Crippen LogP contribution < -0.4 is 11.5 Å². The maximum atomic E-state index is 11.9. The van der Waals surface area contributed by atoms with E-state index < -0.39 is 10.1 Å². The van der Waals surface area contributed by atoms with Gasteiger partial charge in [0.05, 0.1) is 10.2 Å². The molecule has 0 atom stereocenters. The van der Waals surface area contributed by atoms with E-state index in [1.54, 1.807) is 30.8 Å². The molecule has 4 aromatic rings. The van der Waals surface area contributed by atoms with Crippen LogP contribution in [0.4, 0.5) is 11.4 Å². The van der Waals surface area contributed by atoms with E-state index in [1.807, 2.05) is 42.5 Å². The van der Waals surface area contributed by atoms with Crippen LogP contribution in [0.15, 0.2) is 64.4 Å². The summed E-state index contributed by atoms with van der Waals surface area (Å²) in [6.45, 7) is 1.65. The number of thiazole rings is 1. The standard InChI is InChI=1S/C21H19N3O3S3/c1-12-2-9-17-19(20(12)30(25,26)27)29-21(24-17)14-5-8-16(23)18(10-14)28-11-13-3-6-15(22)7-4-13/h2-10H,11,22-23H2,1H3,(H,25,26,27). The molecule has 0 saturated heterocycles. The normalized spacial score (nSPS) is 11.8. The monoisotopic (exact) mass is 457 g/mol. The van der Waals surface area contributed by atoms with E-state index >= 15 is 0 Å². The van der Waals surface area contributed by atoms with Gasteiger partial charge < -0.3 is 11.5 Å². The first-order valence-corrected chi connectivity index (χ1v) is 12.2. The quantitative estimate of drug-likeness (QED) is 0.220. The maximum Gasteiger partial charge on any atom is 0.296 e. The Morgan fingerprint density at radius 3 is 2.50 bits per heavy atom. The predicted molar refractivity (Wildman–Crippen MR) is 124 cm³/mol. The largest absolute Gasteiger partial charge is 0.399 e. The second-order valence-corrected chi connectivity index (χ2v) is 10.2. The number of nitrogens with two attached hydrogens (primary N) is 2. The van der Waals surface area contributed by atoms with Crippen molar-refractivity contribution in [3.8, 4) is 10.6 Å². The van der Waals surface area contributed by atoms with Gasteiger partial charge in [-0.05, 0) is 54.4 Å². The van der Waals surface area contributed by atoms with Gasteiger partial charge >= 0.3 is 0 Å². The van der Waals surface area contributed by atoms with Crippen LogP contribution in [0, 0.1) is 6.92 Å². The van der Waals surface area contributed by atoms with Gasteiger partial charge in [0.2, 0.25) is 0 Å². The molecular formula is C21H19N3O3S3. The van der Waals surface area contributed by atoms with Gasteiger partial charge in [0.1, 0.15) is 9.90 Å². The molecule has 1 aromatic heterocycles. The molecule has 0 aliphatic carbocycles. The number of fused-ring (bicyclic) bond motifs is 1. The molecule has 0 aliphatic rings. The number of nitrogen functional groups attached to an aromatic ring is 2. The lowest BCUT2D eigenvalue weighted by molar-refractivity contribution is 0.484. The molecule has 0 saturated carbocycles. The zero-order valence-corrected chi connectivity index (χ0v) is 18.4. The molecule has 0 bridgehead atoms. The fourth-order valence-corrected chi connectivity index (χ4v) is 6.35. The highest BCUT2D eigenvalue weighted by atomic mass is 32.2. The van der Waals surface area contributed by atoms with Crippen LogP contribution >= 0.6 is 23.1 Å². The van der Waals surface area contributed by atoms with Gasteiger partial charge in [-0.25, -0.2) is 4.98 Å². The number of rotatable bonds is 5. The van der Waals surface area contributed by atoms with Crippen LogP contribution in [-0.2, 0) is 15.9 Å². The zero-order chi connectivity index (χ0) is 21.5. The third kappa shape index (κ3) is 4.15. The van der Waals surface area contributed by atoms with E-state index in [9.17, 15) is 13.0 Å². The van der Waals surface area contributed by atoms with Gasteiger partial charge in [0.15, 0.2) is 0 Å². The van der Waals surface area contributed by atoms with Crippen molar-refractivity contribution in [2.75, 3.05) is 11.5 Å². The molecule has 0 radical (unpaired) electrons. The van der Waals surface area contributed by atoms with Crippen molar-refractivity contribution in [3.63, 3.8) is 0 Å². The number of thioether (sulfide) groups is 1. The summed E-state index contributed by atoms with van der Waals surface area (Å²) in [4.78, 5) is 5.40. The average Bonchev–Trinajstić information content (AvgIpc) is 3.11. The molecule has 0 fully saturated rings. The summed E-state index contributed by atoms with van der Waals surface area (Å²) in [7, 11) is -4.35. The van der Waals surface area contributed by atoms with Crippen LogP contribution in [0.5, 0.6) is 0 Å².